The average Bonchev–Trinajstić information content (AvgIpc) is 3.27. The van der Waals surface area contributed by atoms with Crippen molar-refractivity contribution in [2.24, 2.45) is 0 Å². The zero-order valence-electron chi connectivity index (χ0n) is 12.6. The third-order valence-electron chi connectivity index (χ3n) is 3.28. The monoisotopic (exact) mass is 346 g/mol. The maximum Gasteiger partial charge on any atom is 0.239 e. The number of carbonyl (C=O) groups is 1. The number of benzene rings is 1. The van der Waals surface area contributed by atoms with Crippen LogP contribution in [0.4, 0.5) is 10.1 Å². The van der Waals surface area contributed by atoms with Crippen molar-refractivity contribution in [3.05, 3.63) is 52.7 Å². The average molecular weight is 346 g/mol. The van der Waals surface area contributed by atoms with Crippen LogP contribution in [0.25, 0.3) is 5.69 Å². The molecule has 9 heteroatoms. The fraction of sp³-hybridized carbons (Fsp3) is 0.200. The minimum atomic E-state index is -0.446. The largest absolute Gasteiger partial charge is 0.374 e. The predicted octanol–water partition coefficient (Wildman–Crippen LogP) is 1.63. The Hall–Kier alpha value is -2.81. The lowest BCUT2D eigenvalue weighted by Gasteiger charge is -2.10. The van der Waals surface area contributed by atoms with Crippen LogP contribution >= 0.6 is 11.3 Å². The van der Waals surface area contributed by atoms with E-state index >= 15 is 0 Å². The first-order valence-electron chi connectivity index (χ1n) is 7.28. The van der Waals surface area contributed by atoms with Gasteiger partial charge >= 0.3 is 0 Å². The van der Waals surface area contributed by atoms with E-state index in [0.717, 1.165) is 6.42 Å². The highest BCUT2D eigenvalue weighted by molar-refractivity contribution is 7.09. The van der Waals surface area contributed by atoms with Crippen LogP contribution in [0.2, 0.25) is 0 Å². The van der Waals surface area contributed by atoms with Crippen molar-refractivity contribution in [3.8, 4) is 5.69 Å². The number of anilines is 1. The Morgan fingerprint density at radius 3 is 3.00 bits per heavy atom. The van der Waals surface area contributed by atoms with E-state index in [1.807, 2.05) is 17.5 Å². The van der Waals surface area contributed by atoms with E-state index in [1.54, 1.807) is 23.5 Å². The van der Waals surface area contributed by atoms with Crippen molar-refractivity contribution in [1.82, 2.24) is 25.5 Å². The third-order valence-corrected chi connectivity index (χ3v) is 4.21. The van der Waals surface area contributed by atoms with Gasteiger partial charge in [-0.1, -0.05) is 6.07 Å². The molecule has 0 saturated carbocycles. The fourth-order valence-corrected chi connectivity index (χ4v) is 2.80. The van der Waals surface area contributed by atoms with Gasteiger partial charge < -0.3 is 10.6 Å². The molecule has 0 aliphatic rings. The predicted molar refractivity (Wildman–Crippen MR) is 88.6 cm³/mol. The summed E-state index contributed by atoms with van der Waals surface area (Å²) in [5, 5.41) is 18.4. The van der Waals surface area contributed by atoms with E-state index in [9.17, 15) is 9.18 Å². The van der Waals surface area contributed by atoms with Crippen LogP contribution in [0.1, 0.15) is 4.88 Å². The Bertz CT molecular complexity index is 790. The van der Waals surface area contributed by atoms with Gasteiger partial charge in [0.05, 0.1) is 17.9 Å². The van der Waals surface area contributed by atoms with Crippen LogP contribution in [0, 0.1) is 5.82 Å². The number of thiophene rings is 1. The second-order valence-electron chi connectivity index (χ2n) is 4.95. The van der Waals surface area contributed by atoms with Gasteiger partial charge in [0.15, 0.2) is 0 Å². The van der Waals surface area contributed by atoms with Crippen molar-refractivity contribution in [2.75, 3.05) is 18.4 Å². The summed E-state index contributed by atoms with van der Waals surface area (Å²) in [5.74, 6) is -0.642. The molecule has 0 saturated heterocycles. The summed E-state index contributed by atoms with van der Waals surface area (Å²) in [6.07, 6.45) is 2.20. The number of hydrogen-bond donors (Lipinski definition) is 2. The van der Waals surface area contributed by atoms with Crippen molar-refractivity contribution in [3.63, 3.8) is 0 Å². The Labute approximate surface area is 141 Å². The van der Waals surface area contributed by atoms with Crippen LogP contribution < -0.4 is 10.6 Å². The van der Waals surface area contributed by atoms with Gasteiger partial charge in [-0.2, -0.15) is 0 Å². The molecule has 0 radical (unpaired) electrons. The third kappa shape index (κ3) is 4.13. The topological polar surface area (TPSA) is 84.7 Å². The number of nitrogens with one attached hydrogen (secondary N) is 2. The molecule has 0 unspecified atom stereocenters. The summed E-state index contributed by atoms with van der Waals surface area (Å²) < 4.78 is 15.3. The molecule has 3 aromatic rings. The summed E-state index contributed by atoms with van der Waals surface area (Å²) in [7, 11) is 0. The summed E-state index contributed by atoms with van der Waals surface area (Å²) in [5.41, 5.74) is 0.818. The SMILES string of the molecule is O=C(CNc1cc(-n2cnnn2)ccc1F)NCCc1cccs1. The molecule has 124 valence electrons. The zero-order valence-corrected chi connectivity index (χ0v) is 13.5. The highest BCUT2D eigenvalue weighted by atomic mass is 32.1. The Balaban J connectivity index is 1.52. The first-order chi connectivity index (χ1) is 11.7. The highest BCUT2D eigenvalue weighted by Crippen LogP contribution is 2.17. The Morgan fingerprint density at radius 1 is 1.33 bits per heavy atom. The molecule has 7 nitrogen and oxygen atoms in total. The molecule has 0 aliphatic carbocycles. The highest BCUT2D eigenvalue weighted by Gasteiger charge is 2.08. The van der Waals surface area contributed by atoms with E-state index in [1.165, 1.54) is 22.0 Å². The number of amides is 1. The Kier molecular flexibility index (Phi) is 5.12. The van der Waals surface area contributed by atoms with Crippen molar-refractivity contribution in [1.29, 1.82) is 0 Å². The molecule has 0 fully saturated rings. The lowest BCUT2D eigenvalue weighted by atomic mass is 10.2. The van der Waals surface area contributed by atoms with Gasteiger partial charge in [-0.15, -0.1) is 16.4 Å². The molecule has 24 heavy (non-hydrogen) atoms. The zero-order chi connectivity index (χ0) is 16.8. The molecule has 1 amide bonds. The summed E-state index contributed by atoms with van der Waals surface area (Å²) in [6.45, 7) is 0.536. The Morgan fingerprint density at radius 2 is 2.25 bits per heavy atom. The lowest BCUT2D eigenvalue weighted by molar-refractivity contribution is -0.119. The second-order valence-corrected chi connectivity index (χ2v) is 5.98. The number of rotatable bonds is 7. The number of halogens is 1. The van der Waals surface area contributed by atoms with E-state index in [-0.39, 0.29) is 18.1 Å². The smallest absolute Gasteiger partial charge is 0.239 e. The molecule has 1 aromatic carbocycles. The van der Waals surface area contributed by atoms with Crippen LogP contribution in [-0.4, -0.2) is 39.2 Å². The number of carbonyl (C=O) groups excluding carboxylic acids is 1. The maximum atomic E-state index is 13.8. The fourth-order valence-electron chi connectivity index (χ4n) is 2.09. The minimum Gasteiger partial charge on any atom is -0.374 e. The van der Waals surface area contributed by atoms with Gasteiger partial charge in [-0.25, -0.2) is 9.07 Å². The van der Waals surface area contributed by atoms with Crippen LogP contribution in [-0.2, 0) is 11.2 Å². The summed E-state index contributed by atoms with van der Waals surface area (Å²) in [6, 6.07) is 8.40. The molecule has 0 aliphatic heterocycles. The molecule has 3 rings (SSSR count). The van der Waals surface area contributed by atoms with Gasteiger partial charge in [-0.05, 0) is 46.5 Å². The molecule has 2 N–H and O–H groups in total. The van der Waals surface area contributed by atoms with Crippen LogP contribution in [0.5, 0.6) is 0 Å². The van der Waals surface area contributed by atoms with Crippen LogP contribution in [0.3, 0.4) is 0 Å². The summed E-state index contributed by atoms with van der Waals surface area (Å²) in [4.78, 5) is 13.1. The molecular weight excluding hydrogens is 331 g/mol. The molecule has 0 bridgehead atoms. The summed E-state index contributed by atoms with van der Waals surface area (Å²) >= 11 is 1.65. The standard InChI is InChI=1S/C15H15FN6OS/c16-13-4-3-11(22-10-19-20-21-22)8-14(13)18-9-15(23)17-6-5-12-2-1-7-24-12/h1-4,7-8,10,18H,5-6,9H2,(H,17,23). The maximum absolute atomic E-state index is 13.8. The molecule has 0 spiro atoms. The first kappa shape index (κ1) is 16.1. The quantitative estimate of drug-likeness (QED) is 0.679. The van der Waals surface area contributed by atoms with Gasteiger partial charge in [0.2, 0.25) is 5.91 Å². The van der Waals surface area contributed by atoms with Crippen molar-refractivity contribution >= 4 is 22.9 Å². The number of hydrogen-bond acceptors (Lipinski definition) is 6. The normalized spacial score (nSPS) is 10.5. The van der Waals surface area contributed by atoms with Gasteiger partial charge in [-0.3, -0.25) is 4.79 Å². The molecular formula is C15H15FN6OS. The van der Waals surface area contributed by atoms with Gasteiger partial charge in [0.25, 0.3) is 0 Å². The van der Waals surface area contributed by atoms with Crippen molar-refractivity contribution in [2.45, 2.75) is 6.42 Å². The minimum absolute atomic E-state index is 0.0135. The molecule has 0 atom stereocenters. The van der Waals surface area contributed by atoms with Crippen LogP contribution in [0.15, 0.2) is 42.0 Å². The van der Waals surface area contributed by atoms with E-state index in [0.29, 0.717) is 12.2 Å². The number of aromatic nitrogens is 4. The molecule has 2 aromatic heterocycles. The first-order valence-corrected chi connectivity index (χ1v) is 8.16. The van der Waals surface area contributed by atoms with Gasteiger partial charge in [0, 0.05) is 11.4 Å². The van der Waals surface area contributed by atoms with E-state index in [2.05, 4.69) is 26.2 Å². The van der Waals surface area contributed by atoms with Gasteiger partial charge in [0.1, 0.15) is 12.1 Å². The van der Waals surface area contributed by atoms with E-state index in [4.69, 9.17) is 0 Å². The van der Waals surface area contributed by atoms with Crippen molar-refractivity contribution < 1.29 is 9.18 Å². The number of tetrazole rings is 1. The lowest BCUT2D eigenvalue weighted by Crippen LogP contribution is -2.31. The van der Waals surface area contributed by atoms with E-state index < -0.39 is 5.82 Å². The molecule has 2 heterocycles. The second kappa shape index (κ2) is 7.64. The number of nitrogens with zero attached hydrogens (tertiary/aromatic N) is 4.